The van der Waals surface area contributed by atoms with Crippen molar-refractivity contribution >= 4 is 0 Å². The maximum Gasteiger partial charge on any atom is 0.200 e. The van der Waals surface area contributed by atoms with Crippen LogP contribution in [0, 0.1) is 17.6 Å². The van der Waals surface area contributed by atoms with Gasteiger partial charge in [-0.15, -0.1) is 0 Å². The van der Waals surface area contributed by atoms with E-state index in [2.05, 4.69) is 6.92 Å². The zero-order valence-electron chi connectivity index (χ0n) is 17.2. The zero-order valence-corrected chi connectivity index (χ0v) is 17.2. The van der Waals surface area contributed by atoms with E-state index in [1.807, 2.05) is 0 Å². The number of ether oxygens (including phenoxy) is 3. The molecule has 2 fully saturated rings. The number of benzene rings is 1. The van der Waals surface area contributed by atoms with Crippen molar-refractivity contribution in [2.24, 2.45) is 5.92 Å². The van der Waals surface area contributed by atoms with Gasteiger partial charge in [0, 0.05) is 6.61 Å². The first-order chi connectivity index (χ1) is 13.6. The van der Waals surface area contributed by atoms with Crippen LogP contribution in [0.5, 0.6) is 5.75 Å². The van der Waals surface area contributed by atoms with Crippen molar-refractivity contribution < 1.29 is 23.0 Å². The topological polar surface area (TPSA) is 27.7 Å². The Labute approximate surface area is 167 Å². The van der Waals surface area contributed by atoms with E-state index in [0.717, 1.165) is 58.0 Å². The van der Waals surface area contributed by atoms with Crippen molar-refractivity contribution in [3.05, 3.63) is 29.3 Å². The van der Waals surface area contributed by atoms with Crippen molar-refractivity contribution in [2.45, 2.75) is 83.3 Å². The molecule has 2 aliphatic rings. The van der Waals surface area contributed by atoms with Crippen LogP contribution in [0.2, 0.25) is 0 Å². The van der Waals surface area contributed by atoms with Gasteiger partial charge in [0.15, 0.2) is 11.6 Å². The summed E-state index contributed by atoms with van der Waals surface area (Å²) >= 11 is 0. The Kier molecular flexibility index (Phi) is 8.10. The second kappa shape index (κ2) is 10.5. The molecule has 1 aliphatic heterocycles. The van der Waals surface area contributed by atoms with Crippen LogP contribution in [0.3, 0.4) is 0 Å². The summed E-state index contributed by atoms with van der Waals surface area (Å²) in [5.41, 5.74) is 0.489. The van der Waals surface area contributed by atoms with Crippen LogP contribution in [-0.4, -0.2) is 32.0 Å². The molecule has 3 rings (SSSR count). The summed E-state index contributed by atoms with van der Waals surface area (Å²) in [6.07, 6.45) is 8.82. The summed E-state index contributed by atoms with van der Waals surface area (Å²) in [6, 6.07) is 3.25. The van der Waals surface area contributed by atoms with E-state index in [1.165, 1.54) is 0 Å². The van der Waals surface area contributed by atoms with E-state index in [9.17, 15) is 8.78 Å². The van der Waals surface area contributed by atoms with Crippen LogP contribution in [0.4, 0.5) is 8.78 Å². The van der Waals surface area contributed by atoms with Gasteiger partial charge in [-0.3, -0.25) is 0 Å². The number of hydrogen-bond donors (Lipinski definition) is 0. The Morgan fingerprint density at radius 1 is 1.00 bits per heavy atom. The molecule has 2 unspecified atom stereocenters. The minimum atomic E-state index is -0.858. The van der Waals surface area contributed by atoms with E-state index >= 15 is 0 Å². The normalized spacial score (nSPS) is 28.3. The van der Waals surface area contributed by atoms with E-state index in [0.29, 0.717) is 30.8 Å². The van der Waals surface area contributed by atoms with Gasteiger partial charge in [0.2, 0.25) is 5.82 Å². The minimum absolute atomic E-state index is 0.00159. The summed E-state index contributed by atoms with van der Waals surface area (Å²) < 4.78 is 45.7. The van der Waals surface area contributed by atoms with Gasteiger partial charge >= 0.3 is 0 Å². The minimum Gasteiger partial charge on any atom is -0.491 e. The van der Waals surface area contributed by atoms with Gasteiger partial charge in [-0.25, -0.2) is 4.39 Å². The highest BCUT2D eigenvalue weighted by Gasteiger charge is 2.28. The van der Waals surface area contributed by atoms with Crippen molar-refractivity contribution in [1.82, 2.24) is 0 Å². The molecule has 2 atom stereocenters. The fourth-order valence-electron chi connectivity index (χ4n) is 4.50. The summed E-state index contributed by atoms with van der Waals surface area (Å²) in [5.74, 6) is -1.02. The maximum absolute atomic E-state index is 14.5. The molecular formula is C23H34F2O3. The van der Waals surface area contributed by atoms with Crippen LogP contribution in [-0.2, 0) is 9.47 Å². The van der Waals surface area contributed by atoms with Gasteiger partial charge in [0.05, 0.1) is 25.4 Å². The molecule has 1 saturated heterocycles. The van der Waals surface area contributed by atoms with E-state index in [1.54, 1.807) is 19.1 Å². The van der Waals surface area contributed by atoms with Crippen LogP contribution < -0.4 is 4.74 Å². The molecule has 1 heterocycles. The van der Waals surface area contributed by atoms with Gasteiger partial charge in [-0.2, -0.15) is 4.39 Å². The predicted molar refractivity (Wildman–Crippen MR) is 106 cm³/mol. The highest BCUT2D eigenvalue weighted by molar-refractivity contribution is 5.33. The smallest absolute Gasteiger partial charge is 0.200 e. The van der Waals surface area contributed by atoms with E-state index in [4.69, 9.17) is 14.2 Å². The summed E-state index contributed by atoms with van der Waals surface area (Å²) in [7, 11) is 0. The average molecular weight is 397 g/mol. The predicted octanol–water partition coefficient (Wildman–Crippen LogP) is 6.00. The van der Waals surface area contributed by atoms with Gasteiger partial charge in [-0.1, -0.05) is 19.4 Å². The lowest BCUT2D eigenvalue weighted by Gasteiger charge is -2.32. The molecule has 0 bridgehead atoms. The first-order valence-electron chi connectivity index (χ1n) is 11.0. The molecule has 0 amide bonds. The van der Waals surface area contributed by atoms with Crippen LogP contribution in [0.25, 0.3) is 0 Å². The third-order valence-electron chi connectivity index (χ3n) is 6.17. The summed E-state index contributed by atoms with van der Waals surface area (Å²) in [4.78, 5) is 0. The lowest BCUT2D eigenvalue weighted by molar-refractivity contribution is -0.0957. The third-order valence-corrected chi connectivity index (χ3v) is 6.17. The van der Waals surface area contributed by atoms with Crippen LogP contribution in [0.15, 0.2) is 12.1 Å². The lowest BCUT2D eigenvalue weighted by atomic mass is 9.78. The Hall–Kier alpha value is -1.20. The molecule has 3 nitrogen and oxygen atoms in total. The summed E-state index contributed by atoms with van der Waals surface area (Å²) in [5, 5.41) is 0. The third kappa shape index (κ3) is 5.44. The van der Waals surface area contributed by atoms with Crippen molar-refractivity contribution in [2.75, 3.05) is 19.8 Å². The Morgan fingerprint density at radius 3 is 2.43 bits per heavy atom. The first kappa shape index (κ1) is 21.5. The SMILES string of the molecule is CCCC1CCC(OCC2CCC(c3ccc(OCC)c(F)c3F)CC2)CO1. The maximum atomic E-state index is 14.5. The van der Waals surface area contributed by atoms with Crippen LogP contribution in [0.1, 0.15) is 76.7 Å². The van der Waals surface area contributed by atoms with Crippen molar-refractivity contribution in [3.8, 4) is 5.75 Å². The molecular weight excluding hydrogens is 362 g/mol. The number of hydrogen-bond acceptors (Lipinski definition) is 3. The first-order valence-corrected chi connectivity index (χ1v) is 11.0. The van der Waals surface area contributed by atoms with Gasteiger partial charge in [0.25, 0.3) is 0 Å². The fraction of sp³-hybridized carbons (Fsp3) is 0.739. The Balaban J connectivity index is 1.43. The molecule has 1 aliphatic carbocycles. The standard InChI is InChI=1S/C23H34F2O3/c1-3-5-18-10-11-19(15-28-18)27-14-16-6-8-17(9-7-16)20-12-13-21(26-4-2)23(25)22(20)24/h12-13,16-19H,3-11,14-15H2,1-2H3. The largest absolute Gasteiger partial charge is 0.491 e. The van der Waals surface area contributed by atoms with E-state index < -0.39 is 11.6 Å². The Bertz CT molecular complexity index is 606. The average Bonchev–Trinajstić information content (AvgIpc) is 2.72. The molecule has 1 aromatic carbocycles. The van der Waals surface area contributed by atoms with E-state index in [-0.39, 0.29) is 17.8 Å². The lowest BCUT2D eigenvalue weighted by Crippen LogP contribution is -2.33. The highest BCUT2D eigenvalue weighted by Crippen LogP contribution is 2.39. The van der Waals surface area contributed by atoms with Crippen molar-refractivity contribution in [3.63, 3.8) is 0 Å². The molecule has 5 heteroatoms. The number of rotatable bonds is 8. The monoisotopic (exact) mass is 396 g/mol. The molecule has 0 N–H and O–H groups in total. The second-order valence-electron chi connectivity index (χ2n) is 8.21. The van der Waals surface area contributed by atoms with Crippen molar-refractivity contribution in [1.29, 1.82) is 0 Å². The fourth-order valence-corrected chi connectivity index (χ4v) is 4.50. The van der Waals surface area contributed by atoms with Gasteiger partial charge in [0.1, 0.15) is 0 Å². The number of halogens is 2. The second-order valence-corrected chi connectivity index (χ2v) is 8.21. The zero-order chi connectivity index (χ0) is 19.9. The quantitative estimate of drug-likeness (QED) is 0.539. The molecule has 0 spiro atoms. The molecule has 1 saturated carbocycles. The van der Waals surface area contributed by atoms with Gasteiger partial charge < -0.3 is 14.2 Å². The highest BCUT2D eigenvalue weighted by atomic mass is 19.2. The summed E-state index contributed by atoms with van der Waals surface area (Å²) in [6.45, 7) is 5.73. The van der Waals surface area contributed by atoms with Gasteiger partial charge in [-0.05, 0) is 75.3 Å². The molecule has 0 radical (unpaired) electrons. The Morgan fingerprint density at radius 2 is 1.79 bits per heavy atom. The molecule has 0 aromatic heterocycles. The molecule has 158 valence electrons. The molecule has 1 aromatic rings. The molecule has 28 heavy (non-hydrogen) atoms. The van der Waals surface area contributed by atoms with Crippen LogP contribution >= 0.6 is 0 Å².